The van der Waals surface area contributed by atoms with Crippen LogP contribution in [0.3, 0.4) is 0 Å². The molecule has 0 saturated carbocycles. The van der Waals surface area contributed by atoms with E-state index in [1.54, 1.807) is 0 Å². The Morgan fingerprint density at radius 3 is 2.50 bits per heavy atom. The number of hydrogen-bond acceptors (Lipinski definition) is 4. The van der Waals surface area contributed by atoms with Gasteiger partial charge in [0.05, 0.1) is 16.2 Å². The number of aromatic carboxylic acids is 1. The van der Waals surface area contributed by atoms with Crippen molar-refractivity contribution >= 4 is 22.7 Å². The number of nitro benzene ring substituents is 1. The fourth-order valence-electron chi connectivity index (χ4n) is 1.13. The van der Waals surface area contributed by atoms with Crippen molar-refractivity contribution in [2.45, 2.75) is 5.75 Å². The summed E-state index contributed by atoms with van der Waals surface area (Å²) in [4.78, 5) is 20.4. The predicted octanol–water partition coefficient (Wildman–Crippen LogP) is 1.01. The lowest BCUT2D eigenvalue weighted by Crippen LogP contribution is -2.02. The standard InChI is InChI=1S/C8H7NO6S/c10-8(11)6-1-5(4-16(14)15)2-7(3-6)9(12)13/h1-3H,4H2,(H,10,11)(H,14,15). The van der Waals surface area contributed by atoms with Crippen LogP contribution in [0.5, 0.6) is 0 Å². The van der Waals surface area contributed by atoms with Gasteiger partial charge in [0.25, 0.3) is 5.69 Å². The predicted molar refractivity (Wildman–Crippen MR) is 54.5 cm³/mol. The van der Waals surface area contributed by atoms with Gasteiger partial charge < -0.3 is 9.66 Å². The fourth-order valence-corrected chi connectivity index (χ4v) is 1.58. The zero-order chi connectivity index (χ0) is 12.3. The topological polar surface area (TPSA) is 118 Å². The van der Waals surface area contributed by atoms with E-state index in [0.717, 1.165) is 18.2 Å². The molecule has 1 atom stereocenters. The van der Waals surface area contributed by atoms with Gasteiger partial charge in [-0.2, -0.15) is 0 Å². The first kappa shape index (κ1) is 12.3. The molecule has 86 valence electrons. The minimum absolute atomic E-state index is 0.132. The number of rotatable bonds is 4. The largest absolute Gasteiger partial charge is 0.478 e. The van der Waals surface area contributed by atoms with Gasteiger partial charge in [-0.1, -0.05) is 0 Å². The lowest BCUT2D eigenvalue weighted by atomic mass is 10.1. The van der Waals surface area contributed by atoms with Crippen molar-refractivity contribution in [2.24, 2.45) is 0 Å². The van der Waals surface area contributed by atoms with Gasteiger partial charge in [0.2, 0.25) is 0 Å². The van der Waals surface area contributed by atoms with E-state index in [1.807, 2.05) is 0 Å². The number of carbonyl (C=O) groups is 1. The van der Waals surface area contributed by atoms with E-state index in [2.05, 4.69) is 0 Å². The molecule has 0 aliphatic rings. The molecule has 1 unspecified atom stereocenters. The van der Waals surface area contributed by atoms with Crippen LogP contribution in [0.2, 0.25) is 0 Å². The van der Waals surface area contributed by atoms with Crippen molar-refractivity contribution in [3.63, 3.8) is 0 Å². The van der Waals surface area contributed by atoms with Gasteiger partial charge in [-0.25, -0.2) is 9.00 Å². The van der Waals surface area contributed by atoms with Gasteiger partial charge >= 0.3 is 5.97 Å². The molecule has 0 saturated heterocycles. The summed E-state index contributed by atoms with van der Waals surface area (Å²) >= 11 is -2.18. The van der Waals surface area contributed by atoms with Crippen LogP contribution < -0.4 is 0 Å². The van der Waals surface area contributed by atoms with E-state index < -0.39 is 27.7 Å². The third-order valence-electron chi connectivity index (χ3n) is 1.73. The third-order valence-corrected chi connectivity index (χ3v) is 2.31. The first-order chi connectivity index (χ1) is 7.40. The molecule has 0 aliphatic heterocycles. The molecular formula is C8H7NO6S. The second-order valence-corrected chi connectivity index (χ2v) is 3.85. The van der Waals surface area contributed by atoms with Gasteiger partial charge in [0.1, 0.15) is 0 Å². The number of hydrogen-bond donors (Lipinski definition) is 2. The summed E-state index contributed by atoms with van der Waals surface area (Å²) in [6.07, 6.45) is 0. The molecule has 0 aromatic heterocycles. The molecule has 0 aliphatic carbocycles. The van der Waals surface area contributed by atoms with E-state index >= 15 is 0 Å². The lowest BCUT2D eigenvalue weighted by Gasteiger charge is -2.00. The number of carboxylic acid groups (broad SMARTS) is 1. The molecule has 0 amide bonds. The van der Waals surface area contributed by atoms with Crippen LogP contribution in [0, 0.1) is 10.1 Å². The van der Waals surface area contributed by atoms with Crippen LogP contribution in [-0.2, 0) is 16.8 Å². The molecule has 2 N–H and O–H groups in total. The zero-order valence-corrected chi connectivity index (χ0v) is 8.64. The first-order valence-electron chi connectivity index (χ1n) is 3.99. The van der Waals surface area contributed by atoms with E-state index in [-0.39, 0.29) is 16.9 Å². The molecule has 1 aromatic rings. The van der Waals surface area contributed by atoms with Gasteiger partial charge in [0.15, 0.2) is 11.1 Å². The molecular weight excluding hydrogens is 238 g/mol. The van der Waals surface area contributed by atoms with Crippen LogP contribution in [-0.4, -0.2) is 24.8 Å². The lowest BCUT2D eigenvalue weighted by molar-refractivity contribution is -0.384. The summed E-state index contributed by atoms with van der Waals surface area (Å²) in [7, 11) is 0. The normalized spacial score (nSPS) is 12.1. The first-order valence-corrected chi connectivity index (χ1v) is 5.27. The molecule has 0 heterocycles. The maximum Gasteiger partial charge on any atom is 0.335 e. The van der Waals surface area contributed by atoms with Crippen LogP contribution >= 0.6 is 0 Å². The van der Waals surface area contributed by atoms with E-state index in [0.29, 0.717) is 0 Å². The summed E-state index contributed by atoms with van der Waals surface area (Å²) in [5, 5.41) is 19.2. The molecule has 1 aromatic carbocycles. The molecule has 8 heteroatoms. The summed E-state index contributed by atoms with van der Waals surface area (Å²) in [6, 6.07) is 3.09. The highest BCUT2D eigenvalue weighted by atomic mass is 32.2. The Morgan fingerprint density at radius 1 is 1.44 bits per heavy atom. The van der Waals surface area contributed by atoms with Crippen molar-refractivity contribution in [1.82, 2.24) is 0 Å². The Bertz CT molecular complexity index is 439. The zero-order valence-electron chi connectivity index (χ0n) is 7.82. The average Bonchev–Trinajstić information content (AvgIpc) is 2.15. The molecule has 16 heavy (non-hydrogen) atoms. The Balaban J connectivity index is 3.23. The molecule has 0 radical (unpaired) electrons. The minimum Gasteiger partial charge on any atom is -0.478 e. The Morgan fingerprint density at radius 2 is 2.06 bits per heavy atom. The summed E-state index contributed by atoms with van der Waals surface area (Å²) < 4.78 is 19.1. The highest BCUT2D eigenvalue weighted by Gasteiger charge is 2.14. The molecule has 0 fully saturated rings. The average molecular weight is 245 g/mol. The van der Waals surface area contributed by atoms with E-state index in [9.17, 15) is 19.1 Å². The highest BCUT2D eigenvalue weighted by molar-refractivity contribution is 7.78. The Labute approximate surface area is 92.1 Å². The Hall–Kier alpha value is -1.80. The van der Waals surface area contributed by atoms with Crippen molar-refractivity contribution in [3.05, 3.63) is 39.4 Å². The molecule has 0 bridgehead atoms. The molecule has 7 nitrogen and oxygen atoms in total. The van der Waals surface area contributed by atoms with Crippen LogP contribution in [0.1, 0.15) is 15.9 Å². The van der Waals surface area contributed by atoms with Gasteiger partial charge in [-0.05, 0) is 11.6 Å². The summed E-state index contributed by atoms with van der Waals surface area (Å²) in [6.45, 7) is 0. The highest BCUT2D eigenvalue weighted by Crippen LogP contribution is 2.18. The second kappa shape index (κ2) is 4.81. The van der Waals surface area contributed by atoms with Crippen LogP contribution in [0.4, 0.5) is 5.69 Å². The van der Waals surface area contributed by atoms with Crippen molar-refractivity contribution < 1.29 is 23.6 Å². The maximum atomic E-state index is 10.7. The Kier molecular flexibility index (Phi) is 3.69. The third kappa shape index (κ3) is 3.11. The maximum absolute atomic E-state index is 10.7. The smallest absolute Gasteiger partial charge is 0.335 e. The van der Waals surface area contributed by atoms with Gasteiger partial charge in [0, 0.05) is 12.1 Å². The van der Waals surface area contributed by atoms with Crippen LogP contribution in [0.25, 0.3) is 0 Å². The van der Waals surface area contributed by atoms with Crippen molar-refractivity contribution in [1.29, 1.82) is 0 Å². The number of nitro groups is 1. The van der Waals surface area contributed by atoms with Crippen LogP contribution in [0.15, 0.2) is 18.2 Å². The van der Waals surface area contributed by atoms with Crippen molar-refractivity contribution in [2.75, 3.05) is 0 Å². The summed E-state index contributed by atoms with van der Waals surface area (Å²) in [5.41, 5.74) is -0.567. The fraction of sp³-hybridized carbons (Fsp3) is 0.125. The minimum atomic E-state index is -2.18. The van der Waals surface area contributed by atoms with E-state index in [1.165, 1.54) is 0 Å². The van der Waals surface area contributed by atoms with Gasteiger partial charge in [-0.15, -0.1) is 0 Å². The second-order valence-electron chi connectivity index (χ2n) is 2.92. The van der Waals surface area contributed by atoms with Crippen molar-refractivity contribution in [3.8, 4) is 0 Å². The summed E-state index contributed by atoms with van der Waals surface area (Å²) in [5.74, 6) is -1.67. The number of benzene rings is 1. The quantitative estimate of drug-likeness (QED) is 0.464. The molecule has 1 rings (SSSR count). The SMILES string of the molecule is O=C(O)c1cc(CS(=O)O)cc([N+](=O)[O-])c1. The monoisotopic (exact) mass is 245 g/mol. The van der Waals surface area contributed by atoms with Gasteiger partial charge in [-0.3, -0.25) is 10.1 Å². The van der Waals surface area contributed by atoms with E-state index in [4.69, 9.17) is 9.66 Å². The number of non-ortho nitro benzene ring substituents is 1. The number of carboxylic acids is 1. The molecule has 0 spiro atoms. The number of nitrogens with zero attached hydrogens (tertiary/aromatic N) is 1.